The van der Waals surface area contributed by atoms with Crippen LogP contribution >= 0.6 is 0 Å². The van der Waals surface area contributed by atoms with Crippen molar-refractivity contribution in [2.75, 3.05) is 18.4 Å². The second-order valence-corrected chi connectivity index (χ2v) is 5.57. The molecule has 1 atom stereocenters. The standard InChI is InChI=1S/C16H20FN3O/c1-2-6-16(7-3-8-19-11-16)15(21)20-13-4-5-14(17)12(9-13)10-18/h4-5,9,19H,2-3,6-8,11H2,1H3,(H,20,21). The Bertz CT molecular complexity index is 554. The van der Waals surface area contributed by atoms with Crippen molar-refractivity contribution in [3.63, 3.8) is 0 Å². The first-order chi connectivity index (χ1) is 10.1. The predicted molar refractivity (Wildman–Crippen MR) is 79.2 cm³/mol. The van der Waals surface area contributed by atoms with Crippen molar-refractivity contribution in [3.8, 4) is 6.07 Å². The van der Waals surface area contributed by atoms with Gasteiger partial charge in [0.05, 0.1) is 11.0 Å². The maximum absolute atomic E-state index is 13.3. The lowest BCUT2D eigenvalue weighted by atomic mass is 9.76. The number of carbonyl (C=O) groups is 1. The summed E-state index contributed by atoms with van der Waals surface area (Å²) in [4.78, 5) is 12.6. The quantitative estimate of drug-likeness (QED) is 0.895. The van der Waals surface area contributed by atoms with Gasteiger partial charge < -0.3 is 10.6 Å². The summed E-state index contributed by atoms with van der Waals surface area (Å²) >= 11 is 0. The highest BCUT2D eigenvalue weighted by atomic mass is 19.1. The second-order valence-electron chi connectivity index (χ2n) is 5.57. The van der Waals surface area contributed by atoms with Gasteiger partial charge in [0.25, 0.3) is 0 Å². The van der Waals surface area contributed by atoms with E-state index in [0.717, 1.165) is 32.2 Å². The molecule has 0 saturated carbocycles. The topological polar surface area (TPSA) is 64.9 Å². The summed E-state index contributed by atoms with van der Waals surface area (Å²) in [5.74, 6) is -0.620. The monoisotopic (exact) mass is 289 g/mol. The number of amides is 1. The summed E-state index contributed by atoms with van der Waals surface area (Å²) in [6.45, 7) is 3.67. The minimum atomic E-state index is -0.571. The number of halogens is 1. The highest BCUT2D eigenvalue weighted by Crippen LogP contribution is 2.33. The lowest BCUT2D eigenvalue weighted by Gasteiger charge is -2.36. The van der Waals surface area contributed by atoms with E-state index in [9.17, 15) is 9.18 Å². The van der Waals surface area contributed by atoms with Crippen molar-refractivity contribution in [2.24, 2.45) is 5.41 Å². The van der Waals surface area contributed by atoms with Crippen LogP contribution in [0.2, 0.25) is 0 Å². The first kappa shape index (κ1) is 15.5. The molecule has 2 N–H and O–H groups in total. The SMILES string of the molecule is CCCC1(C(=O)Nc2ccc(F)c(C#N)c2)CCCNC1. The minimum absolute atomic E-state index is 0.0490. The predicted octanol–water partition coefficient (Wildman–Crippen LogP) is 2.81. The van der Waals surface area contributed by atoms with Gasteiger partial charge in [0.15, 0.2) is 0 Å². The van der Waals surface area contributed by atoms with Gasteiger partial charge in [-0.2, -0.15) is 5.26 Å². The summed E-state index contributed by atoms with van der Waals surface area (Å²) in [7, 11) is 0. The number of hydrogen-bond acceptors (Lipinski definition) is 3. The van der Waals surface area contributed by atoms with Crippen molar-refractivity contribution in [1.82, 2.24) is 5.32 Å². The number of anilines is 1. The van der Waals surface area contributed by atoms with Gasteiger partial charge in [-0.1, -0.05) is 13.3 Å². The Kier molecular flexibility index (Phi) is 4.92. The Labute approximate surface area is 124 Å². The van der Waals surface area contributed by atoms with Crippen LogP contribution < -0.4 is 10.6 Å². The fourth-order valence-electron chi connectivity index (χ4n) is 2.92. The highest BCUT2D eigenvalue weighted by molar-refractivity contribution is 5.95. The van der Waals surface area contributed by atoms with E-state index in [1.807, 2.05) is 0 Å². The van der Waals surface area contributed by atoms with Gasteiger partial charge in [0.1, 0.15) is 11.9 Å². The Balaban J connectivity index is 2.17. The summed E-state index contributed by atoms with van der Waals surface area (Å²) < 4.78 is 13.3. The second kappa shape index (κ2) is 6.68. The summed E-state index contributed by atoms with van der Waals surface area (Å²) in [6.07, 6.45) is 3.58. The number of piperidine rings is 1. The summed E-state index contributed by atoms with van der Waals surface area (Å²) in [5.41, 5.74) is 0.00638. The van der Waals surface area contributed by atoms with Gasteiger partial charge in [-0.3, -0.25) is 4.79 Å². The zero-order valence-electron chi connectivity index (χ0n) is 12.2. The molecule has 112 valence electrons. The largest absolute Gasteiger partial charge is 0.326 e. The Morgan fingerprint density at radius 1 is 1.57 bits per heavy atom. The van der Waals surface area contributed by atoms with E-state index in [0.29, 0.717) is 12.2 Å². The fraction of sp³-hybridized carbons (Fsp3) is 0.500. The number of carbonyl (C=O) groups excluding carboxylic acids is 1. The van der Waals surface area contributed by atoms with Gasteiger partial charge in [0.2, 0.25) is 5.91 Å². The van der Waals surface area contributed by atoms with E-state index in [4.69, 9.17) is 5.26 Å². The van der Waals surface area contributed by atoms with Crippen LogP contribution in [0, 0.1) is 22.6 Å². The van der Waals surface area contributed by atoms with E-state index < -0.39 is 11.2 Å². The Morgan fingerprint density at radius 2 is 2.38 bits per heavy atom. The molecule has 0 bridgehead atoms. The van der Waals surface area contributed by atoms with Gasteiger partial charge in [-0.25, -0.2) is 4.39 Å². The van der Waals surface area contributed by atoms with Crippen LogP contribution in [0.4, 0.5) is 10.1 Å². The Morgan fingerprint density at radius 3 is 3.00 bits per heavy atom. The van der Waals surface area contributed by atoms with Crippen molar-refractivity contribution in [1.29, 1.82) is 5.26 Å². The smallest absolute Gasteiger partial charge is 0.231 e. The molecule has 1 aliphatic rings. The molecule has 0 spiro atoms. The Hall–Kier alpha value is -1.93. The van der Waals surface area contributed by atoms with Crippen LogP contribution in [-0.4, -0.2) is 19.0 Å². The zero-order chi connectivity index (χ0) is 15.3. The van der Waals surface area contributed by atoms with E-state index >= 15 is 0 Å². The lowest BCUT2D eigenvalue weighted by Crippen LogP contribution is -2.48. The van der Waals surface area contributed by atoms with Crippen LogP contribution in [0.15, 0.2) is 18.2 Å². The molecule has 0 radical (unpaired) electrons. The molecule has 1 unspecified atom stereocenters. The minimum Gasteiger partial charge on any atom is -0.326 e. The molecule has 21 heavy (non-hydrogen) atoms. The maximum Gasteiger partial charge on any atom is 0.231 e. The lowest BCUT2D eigenvalue weighted by molar-refractivity contribution is -0.127. The third-order valence-corrected chi connectivity index (χ3v) is 4.03. The van der Waals surface area contributed by atoms with Crippen molar-refractivity contribution in [2.45, 2.75) is 32.6 Å². The van der Waals surface area contributed by atoms with E-state index in [2.05, 4.69) is 17.6 Å². The summed E-state index contributed by atoms with van der Waals surface area (Å²) in [6, 6.07) is 5.86. The van der Waals surface area contributed by atoms with Crippen molar-refractivity contribution < 1.29 is 9.18 Å². The fourth-order valence-corrected chi connectivity index (χ4v) is 2.92. The average Bonchev–Trinajstić information content (AvgIpc) is 2.50. The molecule has 4 nitrogen and oxygen atoms in total. The molecule has 1 aromatic rings. The molecule has 1 fully saturated rings. The highest BCUT2D eigenvalue weighted by Gasteiger charge is 2.38. The van der Waals surface area contributed by atoms with E-state index in [1.54, 1.807) is 6.07 Å². The van der Waals surface area contributed by atoms with Crippen LogP contribution in [0.1, 0.15) is 38.2 Å². The first-order valence-electron chi connectivity index (χ1n) is 7.33. The number of nitriles is 1. The zero-order valence-corrected chi connectivity index (χ0v) is 12.2. The molecule has 1 amide bonds. The van der Waals surface area contributed by atoms with E-state index in [1.165, 1.54) is 18.2 Å². The van der Waals surface area contributed by atoms with Gasteiger partial charge in [0, 0.05) is 12.2 Å². The van der Waals surface area contributed by atoms with Crippen LogP contribution in [0.5, 0.6) is 0 Å². The number of rotatable bonds is 4. The van der Waals surface area contributed by atoms with Crippen LogP contribution in [0.25, 0.3) is 0 Å². The van der Waals surface area contributed by atoms with Gasteiger partial charge in [-0.15, -0.1) is 0 Å². The number of nitrogens with one attached hydrogen (secondary N) is 2. The molecular weight excluding hydrogens is 269 g/mol. The van der Waals surface area contributed by atoms with E-state index in [-0.39, 0.29) is 11.5 Å². The van der Waals surface area contributed by atoms with Crippen molar-refractivity contribution >= 4 is 11.6 Å². The summed E-state index contributed by atoms with van der Waals surface area (Å²) in [5, 5.41) is 15.0. The number of hydrogen-bond donors (Lipinski definition) is 2. The number of nitrogens with zero attached hydrogens (tertiary/aromatic N) is 1. The molecule has 1 saturated heterocycles. The molecule has 1 heterocycles. The molecule has 5 heteroatoms. The molecule has 1 aromatic carbocycles. The maximum atomic E-state index is 13.3. The molecule has 2 rings (SSSR count). The molecule has 0 aliphatic carbocycles. The van der Waals surface area contributed by atoms with Crippen LogP contribution in [-0.2, 0) is 4.79 Å². The molecule has 1 aliphatic heterocycles. The number of benzene rings is 1. The third-order valence-electron chi connectivity index (χ3n) is 4.03. The van der Waals surface area contributed by atoms with Crippen LogP contribution in [0.3, 0.4) is 0 Å². The van der Waals surface area contributed by atoms with Gasteiger partial charge >= 0.3 is 0 Å². The normalized spacial score (nSPS) is 21.6. The molecule has 0 aromatic heterocycles. The first-order valence-corrected chi connectivity index (χ1v) is 7.33. The van der Waals surface area contributed by atoms with Crippen molar-refractivity contribution in [3.05, 3.63) is 29.6 Å². The van der Waals surface area contributed by atoms with Gasteiger partial charge in [-0.05, 0) is 44.0 Å². The third kappa shape index (κ3) is 3.40. The molecular formula is C16H20FN3O. The average molecular weight is 289 g/mol.